The van der Waals surface area contributed by atoms with Gasteiger partial charge >= 0.3 is 0 Å². The van der Waals surface area contributed by atoms with Crippen molar-refractivity contribution in [1.29, 1.82) is 0 Å². The van der Waals surface area contributed by atoms with Crippen LogP contribution in [-0.2, 0) is 6.42 Å². The molecule has 0 amide bonds. The van der Waals surface area contributed by atoms with E-state index in [2.05, 4.69) is 0 Å². The van der Waals surface area contributed by atoms with Crippen LogP contribution in [0.2, 0.25) is 5.02 Å². The summed E-state index contributed by atoms with van der Waals surface area (Å²) in [5.74, 6) is -0.196. The Morgan fingerprint density at radius 1 is 1.00 bits per heavy atom. The fourth-order valence-corrected chi connectivity index (χ4v) is 1.82. The maximum Gasteiger partial charge on any atom is 0.163 e. The van der Waals surface area contributed by atoms with Crippen molar-refractivity contribution in [2.75, 3.05) is 0 Å². The van der Waals surface area contributed by atoms with E-state index < -0.39 is 0 Å². The molecular formula is C15H12ClFO. The summed E-state index contributed by atoms with van der Waals surface area (Å²) >= 11 is 5.76. The summed E-state index contributed by atoms with van der Waals surface area (Å²) in [7, 11) is 0. The minimum atomic E-state index is -0.261. The smallest absolute Gasteiger partial charge is 0.163 e. The van der Waals surface area contributed by atoms with E-state index in [1.807, 2.05) is 0 Å². The van der Waals surface area contributed by atoms with Crippen molar-refractivity contribution in [1.82, 2.24) is 0 Å². The lowest BCUT2D eigenvalue weighted by molar-refractivity contribution is 0.0983. The topological polar surface area (TPSA) is 17.1 Å². The first-order valence-corrected chi connectivity index (χ1v) is 6.06. The van der Waals surface area contributed by atoms with Crippen LogP contribution in [0, 0.1) is 5.82 Å². The Kier molecular flexibility index (Phi) is 4.11. The number of carbonyl (C=O) groups is 1. The molecule has 0 aliphatic carbocycles. The van der Waals surface area contributed by atoms with E-state index in [1.165, 1.54) is 12.1 Å². The largest absolute Gasteiger partial charge is 0.294 e. The van der Waals surface area contributed by atoms with E-state index in [-0.39, 0.29) is 11.6 Å². The van der Waals surface area contributed by atoms with Gasteiger partial charge in [0.2, 0.25) is 0 Å². The Morgan fingerprint density at radius 2 is 1.61 bits per heavy atom. The molecule has 0 heterocycles. The number of carbonyl (C=O) groups excluding carboxylic acids is 1. The molecule has 2 rings (SSSR count). The van der Waals surface area contributed by atoms with Crippen LogP contribution in [-0.4, -0.2) is 5.78 Å². The van der Waals surface area contributed by atoms with E-state index in [9.17, 15) is 9.18 Å². The van der Waals surface area contributed by atoms with E-state index in [0.29, 0.717) is 23.4 Å². The van der Waals surface area contributed by atoms with Crippen LogP contribution in [0.5, 0.6) is 0 Å². The van der Waals surface area contributed by atoms with Gasteiger partial charge in [0.15, 0.2) is 5.78 Å². The second-order valence-corrected chi connectivity index (χ2v) is 4.49. The number of Topliss-reactive ketones (excluding diaryl/α,β-unsaturated/α-hetero) is 1. The molecule has 0 aliphatic rings. The number of rotatable bonds is 4. The molecule has 0 bridgehead atoms. The average Bonchev–Trinajstić information content (AvgIpc) is 2.38. The second kappa shape index (κ2) is 5.78. The molecule has 0 saturated carbocycles. The maximum atomic E-state index is 12.7. The summed E-state index contributed by atoms with van der Waals surface area (Å²) in [4.78, 5) is 11.9. The highest BCUT2D eigenvalue weighted by atomic mass is 35.5. The van der Waals surface area contributed by atoms with Crippen molar-refractivity contribution >= 4 is 17.4 Å². The van der Waals surface area contributed by atoms with E-state index in [1.54, 1.807) is 36.4 Å². The van der Waals surface area contributed by atoms with Gasteiger partial charge in [0.25, 0.3) is 0 Å². The first-order valence-electron chi connectivity index (χ1n) is 5.68. The first kappa shape index (κ1) is 12.8. The van der Waals surface area contributed by atoms with Crippen molar-refractivity contribution in [3.8, 4) is 0 Å². The Hall–Kier alpha value is -1.67. The first-order chi connectivity index (χ1) is 8.65. The van der Waals surface area contributed by atoms with E-state index in [0.717, 1.165) is 5.56 Å². The summed E-state index contributed by atoms with van der Waals surface area (Å²) in [5, 5.41) is 0.616. The minimum Gasteiger partial charge on any atom is -0.294 e. The van der Waals surface area contributed by atoms with Gasteiger partial charge in [-0.1, -0.05) is 23.7 Å². The van der Waals surface area contributed by atoms with Crippen LogP contribution >= 0.6 is 11.6 Å². The molecule has 0 spiro atoms. The second-order valence-electron chi connectivity index (χ2n) is 4.06. The average molecular weight is 263 g/mol. The molecular weight excluding hydrogens is 251 g/mol. The molecule has 0 saturated heterocycles. The summed E-state index contributed by atoms with van der Waals surface area (Å²) in [5.41, 5.74) is 1.61. The highest BCUT2D eigenvalue weighted by molar-refractivity contribution is 6.30. The third kappa shape index (κ3) is 3.41. The Balaban J connectivity index is 1.96. The van der Waals surface area contributed by atoms with Gasteiger partial charge < -0.3 is 0 Å². The van der Waals surface area contributed by atoms with Crippen LogP contribution in [0.3, 0.4) is 0 Å². The van der Waals surface area contributed by atoms with Crippen molar-refractivity contribution in [3.63, 3.8) is 0 Å². The fourth-order valence-electron chi connectivity index (χ4n) is 1.69. The number of hydrogen-bond donors (Lipinski definition) is 0. The van der Waals surface area contributed by atoms with Gasteiger partial charge in [-0.3, -0.25) is 4.79 Å². The van der Waals surface area contributed by atoms with Gasteiger partial charge in [0, 0.05) is 17.0 Å². The molecule has 3 heteroatoms. The monoisotopic (exact) mass is 262 g/mol. The number of aryl methyl sites for hydroxylation is 1. The predicted octanol–water partition coefficient (Wildman–Crippen LogP) is 4.29. The zero-order chi connectivity index (χ0) is 13.0. The fraction of sp³-hybridized carbons (Fsp3) is 0.133. The van der Waals surface area contributed by atoms with Crippen molar-refractivity contribution in [2.24, 2.45) is 0 Å². The lowest BCUT2D eigenvalue weighted by Gasteiger charge is -2.02. The number of halogens is 2. The van der Waals surface area contributed by atoms with E-state index in [4.69, 9.17) is 11.6 Å². The molecule has 0 aliphatic heterocycles. The Morgan fingerprint density at radius 3 is 2.22 bits per heavy atom. The molecule has 92 valence electrons. The molecule has 2 aromatic carbocycles. The normalized spacial score (nSPS) is 10.3. The van der Waals surface area contributed by atoms with Gasteiger partial charge in [-0.2, -0.15) is 0 Å². The van der Waals surface area contributed by atoms with Gasteiger partial charge in [0.1, 0.15) is 5.82 Å². The lowest BCUT2D eigenvalue weighted by Crippen LogP contribution is -2.00. The van der Waals surface area contributed by atoms with Gasteiger partial charge in [0.05, 0.1) is 0 Å². The van der Waals surface area contributed by atoms with E-state index >= 15 is 0 Å². The highest BCUT2D eigenvalue weighted by Crippen LogP contribution is 2.13. The molecule has 2 aromatic rings. The highest BCUT2D eigenvalue weighted by Gasteiger charge is 2.06. The van der Waals surface area contributed by atoms with Gasteiger partial charge in [-0.05, 0) is 48.4 Å². The van der Waals surface area contributed by atoms with Crippen LogP contribution < -0.4 is 0 Å². The zero-order valence-electron chi connectivity index (χ0n) is 9.70. The van der Waals surface area contributed by atoms with Gasteiger partial charge in [-0.15, -0.1) is 0 Å². The Labute approximate surface area is 110 Å². The lowest BCUT2D eigenvalue weighted by atomic mass is 10.0. The summed E-state index contributed by atoms with van der Waals surface area (Å²) in [6.45, 7) is 0. The zero-order valence-corrected chi connectivity index (χ0v) is 10.5. The quantitative estimate of drug-likeness (QED) is 0.751. The van der Waals surface area contributed by atoms with Crippen molar-refractivity contribution < 1.29 is 9.18 Å². The van der Waals surface area contributed by atoms with Crippen LogP contribution in [0.1, 0.15) is 22.3 Å². The molecule has 1 nitrogen and oxygen atoms in total. The molecule has 0 N–H and O–H groups in total. The van der Waals surface area contributed by atoms with Crippen molar-refractivity contribution in [3.05, 3.63) is 70.5 Å². The standard InChI is InChI=1S/C15H12ClFO/c16-13-6-4-12(5-7-13)15(18)10-3-11-1-8-14(17)9-2-11/h1-2,4-9H,3,10H2. The maximum absolute atomic E-state index is 12.7. The van der Waals surface area contributed by atoms with Crippen molar-refractivity contribution in [2.45, 2.75) is 12.8 Å². The summed E-state index contributed by atoms with van der Waals surface area (Å²) in [6, 6.07) is 13.0. The molecule has 0 radical (unpaired) electrons. The van der Waals surface area contributed by atoms with Crippen LogP contribution in [0.4, 0.5) is 4.39 Å². The number of ketones is 1. The molecule has 18 heavy (non-hydrogen) atoms. The summed E-state index contributed by atoms with van der Waals surface area (Å²) < 4.78 is 12.7. The summed E-state index contributed by atoms with van der Waals surface area (Å²) in [6.07, 6.45) is 1.02. The molecule has 0 unspecified atom stereocenters. The molecule has 0 fully saturated rings. The minimum absolute atomic E-state index is 0.0657. The SMILES string of the molecule is O=C(CCc1ccc(F)cc1)c1ccc(Cl)cc1. The third-order valence-electron chi connectivity index (χ3n) is 2.72. The molecule has 0 aromatic heterocycles. The van der Waals surface area contributed by atoms with Crippen LogP contribution in [0.15, 0.2) is 48.5 Å². The number of benzene rings is 2. The van der Waals surface area contributed by atoms with Crippen LogP contribution in [0.25, 0.3) is 0 Å². The predicted molar refractivity (Wildman–Crippen MR) is 70.5 cm³/mol. The Bertz CT molecular complexity index is 531. The molecule has 0 atom stereocenters. The third-order valence-corrected chi connectivity index (χ3v) is 2.97. The van der Waals surface area contributed by atoms with Gasteiger partial charge in [-0.25, -0.2) is 4.39 Å². The number of hydrogen-bond acceptors (Lipinski definition) is 1.